The smallest absolute Gasteiger partial charge is 0.231 e. The van der Waals surface area contributed by atoms with Crippen LogP contribution in [0.4, 0.5) is 0 Å². The normalized spacial score (nSPS) is 16.8. The van der Waals surface area contributed by atoms with Crippen LogP contribution in [0.2, 0.25) is 0 Å². The number of benzene rings is 1. The molecule has 0 unspecified atom stereocenters. The molecule has 7 nitrogen and oxygen atoms in total. The van der Waals surface area contributed by atoms with Gasteiger partial charge in [0.2, 0.25) is 11.8 Å². The number of hydrogen-bond acceptors (Lipinski definition) is 6. The number of oxazole rings is 1. The first-order chi connectivity index (χ1) is 15.4. The Morgan fingerprint density at radius 2 is 1.85 bits per heavy atom. The number of aryl methyl sites for hydroxylation is 2. The molecule has 180 valence electrons. The van der Waals surface area contributed by atoms with Crippen LogP contribution in [0.5, 0.6) is 0 Å². The summed E-state index contributed by atoms with van der Waals surface area (Å²) in [5.74, 6) is 2.69. The maximum absolute atomic E-state index is 12.0. The quantitative estimate of drug-likeness (QED) is 0.431. The minimum Gasteiger partial charge on any atom is -1.00 e. The predicted molar refractivity (Wildman–Crippen MR) is 121 cm³/mol. The van der Waals surface area contributed by atoms with Crippen molar-refractivity contribution in [3.05, 3.63) is 65.5 Å². The van der Waals surface area contributed by atoms with Crippen molar-refractivity contribution in [3.63, 3.8) is 0 Å². The van der Waals surface area contributed by atoms with Crippen LogP contribution in [-0.4, -0.2) is 45.4 Å². The van der Waals surface area contributed by atoms with Gasteiger partial charge >= 0.3 is 0 Å². The van der Waals surface area contributed by atoms with E-state index in [1.165, 1.54) is 6.42 Å². The third-order valence-corrected chi connectivity index (χ3v) is 6.60. The maximum Gasteiger partial charge on any atom is 0.231 e. The van der Waals surface area contributed by atoms with Gasteiger partial charge in [-0.15, -0.1) is 0 Å². The highest BCUT2D eigenvalue weighted by Gasteiger charge is 2.44. The lowest BCUT2D eigenvalue weighted by Crippen LogP contribution is -3.00. The van der Waals surface area contributed by atoms with Crippen LogP contribution in [0.1, 0.15) is 67.5 Å². The summed E-state index contributed by atoms with van der Waals surface area (Å²) in [6.07, 6.45) is 8.96. The van der Waals surface area contributed by atoms with Crippen LogP contribution in [0.15, 0.2) is 45.5 Å². The first kappa shape index (κ1) is 25.6. The first-order valence-electron chi connectivity index (χ1n) is 11.7. The van der Waals surface area contributed by atoms with Crippen LogP contribution >= 0.6 is 0 Å². The molecule has 4 rings (SSSR count). The van der Waals surface area contributed by atoms with E-state index in [-0.39, 0.29) is 22.9 Å². The fourth-order valence-corrected chi connectivity index (χ4v) is 4.90. The minimum atomic E-state index is -1.19. The maximum atomic E-state index is 12.0. The number of quaternary nitrogens is 1. The lowest BCUT2D eigenvalue weighted by molar-refractivity contribution is -0.904. The molecule has 1 atom stereocenters. The SMILES string of the molecule is Cc1noc(CCC[N+](C)(C)Cc2cnc([C@](O)(c3ccccc3)C3CCCCC3)o2)n1.[Br-]. The molecule has 8 heteroatoms. The van der Waals surface area contributed by atoms with Gasteiger partial charge in [-0.25, -0.2) is 4.98 Å². The molecule has 2 aromatic heterocycles. The highest BCUT2D eigenvalue weighted by molar-refractivity contribution is 5.30. The second kappa shape index (κ2) is 10.9. The van der Waals surface area contributed by atoms with Gasteiger partial charge in [0, 0.05) is 18.8 Å². The summed E-state index contributed by atoms with van der Waals surface area (Å²) in [6.45, 7) is 3.47. The van der Waals surface area contributed by atoms with Crippen molar-refractivity contribution >= 4 is 0 Å². The zero-order valence-electron chi connectivity index (χ0n) is 19.8. The Morgan fingerprint density at radius 1 is 1.12 bits per heavy atom. The van der Waals surface area contributed by atoms with E-state index in [1.807, 2.05) is 37.3 Å². The summed E-state index contributed by atoms with van der Waals surface area (Å²) in [7, 11) is 4.34. The number of nitrogens with zero attached hydrogens (tertiary/aromatic N) is 4. The molecule has 1 aromatic carbocycles. The number of aromatic nitrogens is 3. The van der Waals surface area contributed by atoms with E-state index in [1.54, 1.807) is 6.20 Å². The molecule has 0 amide bonds. The second-order valence-corrected chi connectivity index (χ2v) is 9.76. The van der Waals surface area contributed by atoms with Gasteiger partial charge in [-0.1, -0.05) is 54.8 Å². The number of hydrogen-bond donors (Lipinski definition) is 1. The highest BCUT2D eigenvalue weighted by Crippen LogP contribution is 2.43. The molecule has 1 fully saturated rings. The van der Waals surface area contributed by atoms with E-state index in [4.69, 9.17) is 8.94 Å². The van der Waals surface area contributed by atoms with E-state index in [0.717, 1.165) is 60.9 Å². The molecule has 0 bridgehead atoms. The van der Waals surface area contributed by atoms with Crippen molar-refractivity contribution in [2.45, 2.75) is 64.0 Å². The molecular weight excluding hydrogens is 484 g/mol. The Bertz CT molecular complexity index is 998. The van der Waals surface area contributed by atoms with Crippen LogP contribution in [-0.2, 0) is 18.6 Å². The lowest BCUT2D eigenvalue weighted by atomic mass is 9.73. The van der Waals surface area contributed by atoms with Crippen LogP contribution < -0.4 is 17.0 Å². The summed E-state index contributed by atoms with van der Waals surface area (Å²) >= 11 is 0. The Morgan fingerprint density at radius 3 is 2.52 bits per heavy atom. The fourth-order valence-electron chi connectivity index (χ4n) is 4.90. The van der Waals surface area contributed by atoms with Gasteiger partial charge < -0.3 is 35.5 Å². The number of rotatable bonds is 9. The summed E-state index contributed by atoms with van der Waals surface area (Å²) in [5.41, 5.74) is -0.323. The van der Waals surface area contributed by atoms with Crippen LogP contribution in [0.25, 0.3) is 0 Å². The predicted octanol–water partition coefficient (Wildman–Crippen LogP) is 1.40. The molecule has 0 spiro atoms. The van der Waals surface area contributed by atoms with E-state index in [0.29, 0.717) is 24.2 Å². The van der Waals surface area contributed by atoms with E-state index >= 15 is 0 Å². The van der Waals surface area contributed by atoms with Gasteiger partial charge in [0.1, 0.15) is 6.54 Å². The molecule has 33 heavy (non-hydrogen) atoms. The van der Waals surface area contributed by atoms with Gasteiger partial charge in [0.05, 0.1) is 26.8 Å². The van der Waals surface area contributed by atoms with Gasteiger partial charge in [0.25, 0.3) is 0 Å². The molecule has 1 saturated carbocycles. The third kappa shape index (κ3) is 6.11. The average Bonchev–Trinajstić information content (AvgIpc) is 3.43. The largest absolute Gasteiger partial charge is 1.00 e. The molecular formula is C25H35BrN4O3. The van der Waals surface area contributed by atoms with Crippen LogP contribution in [0, 0.1) is 12.8 Å². The molecule has 0 saturated heterocycles. The van der Waals surface area contributed by atoms with Crippen molar-refractivity contribution in [2.75, 3.05) is 20.6 Å². The van der Waals surface area contributed by atoms with Crippen molar-refractivity contribution in [2.24, 2.45) is 5.92 Å². The first-order valence-corrected chi connectivity index (χ1v) is 11.7. The summed E-state index contributed by atoms with van der Waals surface area (Å²) < 4.78 is 12.2. The van der Waals surface area contributed by atoms with Crippen molar-refractivity contribution in [3.8, 4) is 0 Å². The standard InChI is InChI=1S/C25H35N4O3.BrH/c1-19-27-23(32-28-19)15-10-16-29(2,3)18-22-17-26-24(31-22)25(30,20-11-6-4-7-12-20)21-13-8-5-9-14-21;/h4,6-7,11-12,17,21,30H,5,8-10,13-16,18H2,1-3H3;1H/q+1;/p-1/t25-;/m0./s1. The topological polar surface area (TPSA) is 85.2 Å². The lowest BCUT2D eigenvalue weighted by Gasteiger charge is -2.36. The Balaban J connectivity index is 0.00000306. The Labute approximate surface area is 206 Å². The van der Waals surface area contributed by atoms with E-state index in [9.17, 15) is 5.11 Å². The summed E-state index contributed by atoms with van der Waals surface area (Å²) in [4.78, 5) is 8.87. The van der Waals surface area contributed by atoms with Gasteiger partial charge in [-0.3, -0.25) is 0 Å². The van der Waals surface area contributed by atoms with Crippen molar-refractivity contribution in [1.29, 1.82) is 0 Å². The highest BCUT2D eigenvalue weighted by atomic mass is 79.9. The van der Waals surface area contributed by atoms with Crippen molar-refractivity contribution in [1.82, 2.24) is 15.1 Å². The average molecular weight is 519 g/mol. The van der Waals surface area contributed by atoms with Crippen molar-refractivity contribution < 1.29 is 35.5 Å². The zero-order valence-corrected chi connectivity index (χ0v) is 21.4. The molecule has 3 aromatic rings. The van der Waals surface area contributed by atoms with Gasteiger partial charge in [-0.05, 0) is 25.3 Å². The van der Waals surface area contributed by atoms with E-state index < -0.39 is 5.60 Å². The molecule has 0 aliphatic heterocycles. The van der Waals surface area contributed by atoms with Crippen LogP contribution in [0.3, 0.4) is 0 Å². The third-order valence-electron chi connectivity index (χ3n) is 6.60. The molecule has 1 aliphatic carbocycles. The molecule has 1 aliphatic rings. The zero-order chi connectivity index (χ0) is 22.6. The summed E-state index contributed by atoms with van der Waals surface area (Å²) in [5, 5.41) is 15.8. The number of aliphatic hydroxyl groups is 1. The number of halogens is 1. The van der Waals surface area contributed by atoms with Gasteiger partial charge in [-0.2, -0.15) is 4.98 Å². The molecule has 1 N–H and O–H groups in total. The molecule has 0 radical (unpaired) electrons. The second-order valence-electron chi connectivity index (χ2n) is 9.76. The monoisotopic (exact) mass is 518 g/mol. The Kier molecular flexibility index (Phi) is 8.48. The fraction of sp³-hybridized carbons (Fsp3) is 0.560. The summed E-state index contributed by atoms with van der Waals surface area (Å²) in [6, 6.07) is 9.88. The van der Waals surface area contributed by atoms with Gasteiger partial charge in [0.15, 0.2) is 17.2 Å². The molecule has 2 heterocycles. The van der Waals surface area contributed by atoms with E-state index in [2.05, 4.69) is 29.2 Å². The Hall–Kier alpha value is -2.03. The minimum absolute atomic E-state index is 0.